The lowest BCUT2D eigenvalue weighted by molar-refractivity contribution is 0.116. The maximum atomic E-state index is 9.06. The number of pyridine rings is 1. The summed E-state index contributed by atoms with van der Waals surface area (Å²) < 4.78 is 5.58. The minimum Gasteiger partial charge on any atom is -0.392 e. The Kier molecular flexibility index (Phi) is 3.74. The maximum absolute atomic E-state index is 9.06. The van der Waals surface area contributed by atoms with Gasteiger partial charge in [0.05, 0.1) is 12.7 Å². The molecule has 16 heavy (non-hydrogen) atoms. The van der Waals surface area contributed by atoms with Gasteiger partial charge in [-0.2, -0.15) is 0 Å². The molecule has 2 rings (SSSR count). The number of aliphatic hydroxyl groups excluding tert-OH is 1. The van der Waals surface area contributed by atoms with E-state index in [-0.39, 0.29) is 6.61 Å². The van der Waals surface area contributed by atoms with Gasteiger partial charge in [0.1, 0.15) is 5.82 Å². The summed E-state index contributed by atoms with van der Waals surface area (Å²) >= 11 is 0. The molecule has 4 heteroatoms. The molecule has 0 bridgehead atoms. The Morgan fingerprint density at radius 2 is 2.50 bits per heavy atom. The summed E-state index contributed by atoms with van der Waals surface area (Å²) in [7, 11) is 2.01. The Bertz CT molecular complexity index is 338. The van der Waals surface area contributed by atoms with Gasteiger partial charge >= 0.3 is 0 Å². The van der Waals surface area contributed by atoms with Gasteiger partial charge in [-0.1, -0.05) is 0 Å². The number of aliphatic hydroxyl groups is 1. The third-order valence-corrected chi connectivity index (χ3v) is 2.89. The molecule has 1 atom stereocenters. The zero-order chi connectivity index (χ0) is 11.4. The molecule has 2 heterocycles. The molecule has 1 aliphatic heterocycles. The van der Waals surface area contributed by atoms with Crippen LogP contribution in [0.5, 0.6) is 0 Å². The van der Waals surface area contributed by atoms with Crippen LogP contribution in [0, 0.1) is 0 Å². The highest BCUT2D eigenvalue weighted by molar-refractivity contribution is 5.40. The van der Waals surface area contributed by atoms with Gasteiger partial charge in [0.15, 0.2) is 0 Å². The molecule has 0 aliphatic carbocycles. The van der Waals surface area contributed by atoms with Crippen LogP contribution in [0.15, 0.2) is 18.3 Å². The van der Waals surface area contributed by atoms with Crippen molar-refractivity contribution in [1.29, 1.82) is 0 Å². The van der Waals surface area contributed by atoms with Gasteiger partial charge in [0, 0.05) is 26.4 Å². The molecule has 0 saturated carbocycles. The largest absolute Gasteiger partial charge is 0.392 e. The van der Waals surface area contributed by atoms with Crippen molar-refractivity contribution in [3.8, 4) is 0 Å². The molecule has 1 unspecified atom stereocenters. The third-order valence-electron chi connectivity index (χ3n) is 2.89. The van der Waals surface area contributed by atoms with Crippen molar-refractivity contribution < 1.29 is 9.84 Å². The van der Waals surface area contributed by atoms with Crippen LogP contribution in [0.1, 0.15) is 18.4 Å². The normalized spacial score (nSPS) is 20.0. The summed E-state index contributed by atoms with van der Waals surface area (Å²) in [6.07, 6.45) is 4.34. The van der Waals surface area contributed by atoms with Gasteiger partial charge in [-0.3, -0.25) is 0 Å². The second-order valence-electron chi connectivity index (χ2n) is 4.20. The number of likely N-dealkylation sites (N-methyl/N-ethyl adjacent to an activating group) is 1. The van der Waals surface area contributed by atoms with E-state index in [1.165, 1.54) is 0 Å². The summed E-state index contributed by atoms with van der Waals surface area (Å²) in [6.45, 7) is 1.80. The van der Waals surface area contributed by atoms with Crippen LogP contribution in [-0.2, 0) is 11.3 Å². The van der Waals surface area contributed by atoms with E-state index in [0.29, 0.717) is 6.10 Å². The summed E-state index contributed by atoms with van der Waals surface area (Å²) in [5.74, 6) is 0.891. The van der Waals surface area contributed by atoms with E-state index in [9.17, 15) is 0 Å². The Morgan fingerprint density at radius 3 is 3.19 bits per heavy atom. The Labute approximate surface area is 95.9 Å². The fourth-order valence-corrected chi connectivity index (χ4v) is 1.95. The van der Waals surface area contributed by atoms with E-state index in [1.807, 2.05) is 19.2 Å². The summed E-state index contributed by atoms with van der Waals surface area (Å²) in [5, 5.41) is 9.06. The number of rotatable bonds is 4. The molecule has 0 radical (unpaired) electrons. The van der Waals surface area contributed by atoms with Crippen molar-refractivity contribution in [2.45, 2.75) is 25.6 Å². The number of nitrogens with zero attached hydrogens (tertiary/aromatic N) is 2. The first-order chi connectivity index (χ1) is 7.79. The van der Waals surface area contributed by atoms with Crippen molar-refractivity contribution >= 4 is 5.82 Å². The van der Waals surface area contributed by atoms with Crippen LogP contribution >= 0.6 is 0 Å². The highest BCUT2D eigenvalue weighted by Gasteiger charge is 2.17. The average Bonchev–Trinajstić information content (AvgIpc) is 2.82. The zero-order valence-corrected chi connectivity index (χ0v) is 9.59. The molecule has 1 aromatic rings. The zero-order valence-electron chi connectivity index (χ0n) is 9.59. The van der Waals surface area contributed by atoms with E-state index in [4.69, 9.17) is 9.84 Å². The number of anilines is 1. The first-order valence-corrected chi connectivity index (χ1v) is 5.68. The van der Waals surface area contributed by atoms with Crippen molar-refractivity contribution in [1.82, 2.24) is 4.98 Å². The monoisotopic (exact) mass is 222 g/mol. The van der Waals surface area contributed by atoms with Crippen molar-refractivity contribution in [2.24, 2.45) is 0 Å². The molecule has 0 spiro atoms. The SMILES string of the molecule is CN(CC1CCCO1)c1cc(CO)ccn1. The molecule has 4 nitrogen and oxygen atoms in total. The van der Waals surface area contributed by atoms with Crippen LogP contribution in [0.4, 0.5) is 5.82 Å². The first kappa shape index (κ1) is 11.4. The van der Waals surface area contributed by atoms with Gasteiger partial charge in [-0.25, -0.2) is 4.98 Å². The molecule has 1 fully saturated rings. The van der Waals surface area contributed by atoms with Gasteiger partial charge in [0.2, 0.25) is 0 Å². The Morgan fingerprint density at radius 1 is 1.62 bits per heavy atom. The topological polar surface area (TPSA) is 45.6 Å². The molecule has 0 amide bonds. The molecule has 88 valence electrons. The molecule has 1 N–H and O–H groups in total. The van der Waals surface area contributed by atoms with E-state index >= 15 is 0 Å². The molecular formula is C12H18N2O2. The molecule has 1 aromatic heterocycles. The number of ether oxygens (including phenoxy) is 1. The van der Waals surface area contributed by atoms with E-state index in [2.05, 4.69) is 9.88 Å². The summed E-state index contributed by atoms with van der Waals surface area (Å²) in [5.41, 5.74) is 0.893. The minimum atomic E-state index is 0.0588. The second kappa shape index (κ2) is 5.27. The summed E-state index contributed by atoms with van der Waals surface area (Å²) in [6, 6.07) is 3.73. The van der Waals surface area contributed by atoms with E-state index < -0.39 is 0 Å². The van der Waals surface area contributed by atoms with Crippen LogP contribution < -0.4 is 4.90 Å². The van der Waals surface area contributed by atoms with Gasteiger partial charge < -0.3 is 14.7 Å². The summed E-state index contributed by atoms with van der Waals surface area (Å²) in [4.78, 5) is 6.37. The lowest BCUT2D eigenvalue weighted by Crippen LogP contribution is -2.29. The van der Waals surface area contributed by atoms with Gasteiger partial charge in [-0.05, 0) is 30.5 Å². The van der Waals surface area contributed by atoms with Crippen LogP contribution in [0.25, 0.3) is 0 Å². The van der Waals surface area contributed by atoms with E-state index in [0.717, 1.165) is 37.4 Å². The standard InChI is InChI=1S/C12H18N2O2/c1-14(8-11-3-2-6-16-11)12-7-10(9-15)4-5-13-12/h4-5,7,11,15H,2-3,6,8-9H2,1H3. The molecular weight excluding hydrogens is 204 g/mol. The van der Waals surface area contributed by atoms with Crippen LogP contribution in [0.2, 0.25) is 0 Å². The lowest BCUT2D eigenvalue weighted by Gasteiger charge is -2.21. The molecule has 0 aromatic carbocycles. The van der Waals surface area contributed by atoms with Crippen molar-refractivity contribution in [2.75, 3.05) is 25.1 Å². The predicted octanol–water partition coefficient (Wildman–Crippen LogP) is 1.19. The van der Waals surface area contributed by atoms with Crippen LogP contribution in [0.3, 0.4) is 0 Å². The maximum Gasteiger partial charge on any atom is 0.128 e. The number of hydrogen-bond donors (Lipinski definition) is 1. The number of aromatic nitrogens is 1. The Balaban J connectivity index is 1.98. The minimum absolute atomic E-state index is 0.0588. The fourth-order valence-electron chi connectivity index (χ4n) is 1.95. The molecule has 1 saturated heterocycles. The van der Waals surface area contributed by atoms with Crippen molar-refractivity contribution in [3.63, 3.8) is 0 Å². The average molecular weight is 222 g/mol. The highest BCUT2D eigenvalue weighted by atomic mass is 16.5. The van der Waals surface area contributed by atoms with Crippen molar-refractivity contribution in [3.05, 3.63) is 23.9 Å². The first-order valence-electron chi connectivity index (χ1n) is 5.68. The smallest absolute Gasteiger partial charge is 0.128 e. The lowest BCUT2D eigenvalue weighted by atomic mass is 10.2. The predicted molar refractivity (Wildman–Crippen MR) is 62.4 cm³/mol. The van der Waals surface area contributed by atoms with Gasteiger partial charge in [-0.15, -0.1) is 0 Å². The third kappa shape index (κ3) is 2.71. The fraction of sp³-hybridized carbons (Fsp3) is 0.583. The highest BCUT2D eigenvalue weighted by Crippen LogP contribution is 2.17. The quantitative estimate of drug-likeness (QED) is 0.831. The van der Waals surface area contributed by atoms with E-state index in [1.54, 1.807) is 6.20 Å². The second-order valence-corrected chi connectivity index (χ2v) is 4.20. The molecule has 1 aliphatic rings. The van der Waals surface area contributed by atoms with Gasteiger partial charge in [0.25, 0.3) is 0 Å². The van der Waals surface area contributed by atoms with Crippen LogP contribution in [-0.4, -0.2) is 36.4 Å². The number of hydrogen-bond acceptors (Lipinski definition) is 4. The Hall–Kier alpha value is -1.13.